The quantitative estimate of drug-likeness (QED) is 0.368. The fourth-order valence-electron chi connectivity index (χ4n) is 7.37. The van der Waals surface area contributed by atoms with E-state index in [0.29, 0.717) is 22.5 Å². The second-order valence-electron chi connectivity index (χ2n) is 13.0. The van der Waals surface area contributed by atoms with E-state index in [4.69, 9.17) is 28.9 Å². The minimum Gasteiger partial charge on any atom is -0.369 e. The Kier molecular flexibility index (Phi) is 11.4. The van der Waals surface area contributed by atoms with Crippen molar-refractivity contribution in [2.45, 2.75) is 58.5 Å². The predicted molar refractivity (Wildman–Crippen MR) is 175 cm³/mol. The van der Waals surface area contributed by atoms with Crippen LogP contribution >= 0.6 is 23.2 Å². The molecule has 7 nitrogen and oxygen atoms in total. The molecule has 0 atom stereocenters. The van der Waals surface area contributed by atoms with Gasteiger partial charge < -0.3 is 11.1 Å². The highest BCUT2D eigenvalue weighted by Crippen LogP contribution is 2.34. The predicted octanol–water partition coefficient (Wildman–Crippen LogP) is 5.42. The number of hydrogen-bond donors (Lipinski definition) is 2. The van der Waals surface area contributed by atoms with Crippen LogP contribution in [0, 0.1) is 17.8 Å². The van der Waals surface area contributed by atoms with Gasteiger partial charge in [-0.1, -0.05) is 29.3 Å². The smallest absolute Gasteiger partial charge is 0.231 e. The molecule has 3 heterocycles. The van der Waals surface area contributed by atoms with Crippen LogP contribution in [0.25, 0.3) is 11.1 Å². The molecule has 234 valence electrons. The molecule has 0 unspecified atom stereocenters. The maximum atomic E-state index is 11.3. The van der Waals surface area contributed by atoms with Crippen molar-refractivity contribution < 1.29 is 9.59 Å². The van der Waals surface area contributed by atoms with Gasteiger partial charge >= 0.3 is 0 Å². The minimum absolute atomic E-state index is 0.0551. The van der Waals surface area contributed by atoms with E-state index in [9.17, 15) is 9.59 Å². The molecule has 9 heteroatoms. The molecule has 0 radical (unpaired) electrons. The summed E-state index contributed by atoms with van der Waals surface area (Å²) < 4.78 is 0. The second-order valence-corrected chi connectivity index (χ2v) is 13.9. The molecule has 0 bridgehead atoms. The van der Waals surface area contributed by atoms with Crippen molar-refractivity contribution in [1.29, 1.82) is 0 Å². The number of primary amides is 1. The van der Waals surface area contributed by atoms with Crippen molar-refractivity contribution in [3.8, 4) is 11.1 Å². The van der Waals surface area contributed by atoms with E-state index in [-0.39, 0.29) is 11.8 Å². The minimum atomic E-state index is -0.222. The molecule has 3 N–H and O–H groups in total. The Labute approximate surface area is 267 Å². The Balaban J connectivity index is 1.21. The summed E-state index contributed by atoms with van der Waals surface area (Å²) in [4.78, 5) is 30.0. The summed E-state index contributed by atoms with van der Waals surface area (Å²) in [6, 6.07) is 12.8. The first-order valence-corrected chi connectivity index (χ1v) is 16.7. The lowest BCUT2D eigenvalue weighted by Crippen LogP contribution is -2.43. The number of piperidine rings is 3. The third kappa shape index (κ3) is 9.66. The highest BCUT2D eigenvalue weighted by Gasteiger charge is 2.30. The van der Waals surface area contributed by atoms with Crippen LogP contribution in [0.4, 0.5) is 0 Å². The average Bonchev–Trinajstić information content (AvgIpc) is 2.97. The van der Waals surface area contributed by atoms with Gasteiger partial charge in [0, 0.05) is 36.6 Å². The van der Waals surface area contributed by atoms with Gasteiger partial charge in [0.1, 0.15) is 0 Å². The van der Waals surface area contributed by atoms with Gasteiger partial charge in [-0.05, 0) is 148 Å². The lowest BCUT2D eigenvalue weighted by atomic mass is 9.78. The zero-order valence-electron chi connectivity index (χ0n) is 25.5. The molecule has 3 saturated heterocycles. The first-order valence-electron chi connectivity index (χ1n) is 16.0. The number of rotatable bonds is 10. The Morgan fingerprint density at radius 2 is 1.19 bits per heavy atom. The van der Waals surface area contributed by atoms with Crippen molar-refractivity contribution in [1.82, 2.24) is 20.0 Å². The second kappa shape index (κ2) is 15.2. The van der Waals surface area contributed by atoms with Crippen molar-refractivity contribution in [2.24, 2.45) is 23.5 Å². The van der Waals surface area contributed by atoms with E-state index in [2.05, 4.69) is 38.2 Å². The van der Waals surface area contributed by atoms with Gasteiger partial charge in [-0.2, -0.15) is 0 Å². The first-order chi connectivity index (χ1) is 20.7. The van der Waals surface area contributed by atoms with Crippen LogP contribution in [0.1, 0.15) is 56.6 Å². The number of amides is 2. The largest absolute Gasteiger partial charge is 0.369 e. The standard InChI is InChI=1S/C34H47Cl2N5O2/c1-24(42)38-20-25-2-8-39(9-3-25)21-26-14-27(16-30(15-26)31-17-32(35)19-33(36)18-31)22-40-10-4-28(5-11-40)29-6-12-41(13-7-29)23-34(37)43/h14-19,25,28-29H,2-13,20-23H2,1H3,(H2,37,43)(H,38,42). The molecule has 0 spiro atoms. The summed E-state index contributed by atoms with van der Waals surface area (Å²) in [7, 11) is 0. The normalized spacial score (nSPS) is 20.3. The van der Waals surface area contributed by atoms with E-state index in [1.54, 1.807) is 13.0 Å². The molecule has 0 aliphatic carbocycles. The molecule has 2 aromatic rings. The lowest BCUT2D eigenvalue weighted by molar-refractivity contribution is -0.120. The number of likely N-dealkylation sites (tertiary alicyclic amines) is 3. The van der Waals surface area contributed by atoms with Gasteiger partial charge in [0.25, 0.3) is 0 Å². The number of carbonyl (C=O) groups is 2. The van der Waals surface area contributed by atoms with Crippen LogP contribution < -0.4 is 11.1 Å². The SMILES string of the molecule is CC(=O)NCC1CCN(Cc2cc(CN3CCC(C4CCN(CC(N)=O)CC4)CC3)cc(-c3cc(Cl)cc(Cl)c3)c2)CC1. The van der Waals surface area contributed by atoms with Gasteiger partial charge in [-0.3, -0.25) is 24.3 Å². The molecule has 2 amide bonds. The van der Waals surface area contributed by atoms with Gasteiger partial charge in [0.15, 0.2) is 0 Å². The zero-order chi connectivity index (χ0) is 30.3. The summed E-state index contributed by atoms with van der Waals surface area (Å²) in [6.45, 7) is 10.9. The number of halogens is 2. The molecule has 2 aromatic carbocycles. The number of carbonyl (C=O) groups excluding carboxylic acids is 2. The van der Waals surface area contributed by atoms with Crippen molar-refractivity contribution in [2.75, 3.05) is 52.4 Å². The third-order valence-electron chi connectivity index (χ3n) is 9.72. The highest BCUT2D eigenvalue weighted by molar-refractivity contribution is 6.35. The summed E-state index contributed by atoms with van der Waals surface area (Å²) in [5, 5.41) is 4.29. The van der Waals surface area contributed by atoms with Crippen LogP contribution in [0.5, 0.6) is 0 Å². The number of nitrogens with one attached hydrogen (secondary N) is 1. The van der Waals surface area contributed by atoms with Crippen molar-refractivity contribution in [3.05, 3.63) is 57.6 Å². The van der Waals surface area contributed by atoms with E-state index in [0.717, 1.165) is 94.7 Å². The zero-order valence-corrected chi connectivity index (χ0v) is 27.0. The Hall–Kier alpha value is -2.16. The summed E-state index contributed by atoms with van der Waals surface area (Å²) in [6.07, 6.45) is 7.05. The first kappa shape index (κ1) is 32.2. The number of hydrogen-bond acceptors (Lipinski definition) is 5. The summed E-state index contributed by atoms with van der Waals surface area (Å²) in [5.41, 5.74) is 10.3. The maximum Gasteiger partial charge on any atom is 0.231 e. The fourth-order valence-corrected chi connectivity index (χ4v) is 7.90. The van der Waals surface area contributed by atoms with E-state index < -0.39 is 0 Å². The number of nitrogens with two attached hydrogens (primary N) is 1. The van der Waals surface area contributed by atoms with E-state index >= 15 is 0 Å². The molecule has 0 aromatic heterocycles. The summed E-state index contributed by atoms with van der Waals surface area (Å²) >= 11 is 12.8. The van der Waals surface area contributed by atoms with E-state index in [1.165, 1.54) is 36.8 Å². The van der Waals surface area contributed by atoms with Gasteiger partial charge in [0.2, 0.25) is 11.8 Å². The highest BCUT2D eigenvalue weighted by atomic mass is 35.5. The Bertz CT molecular complexity index is 1230. The third-order valence-corrected chi connectivity index (χ3v) is 10.2. The fraction of sp³-hybridized carbons (Fsp3) is 0.588. The molecule has 43 heavy (non-hydrogen) atoms. The molecular formula is C34H47Cl2N5O2. The maximum absolute atomic E-state index is 11.3. The molecule has 3 aliphatic heterocycles. The average molecular weight is 629 g/mol. The number of benzene rings is 2. The number of nitrogens with zero attached hydrogens (tertiary/aromatic N) is 3. The van der Waals surface area contributed by atoms with E-state index in [1.807, 2.05) is 12.1 Å². The van der Waals surface area contributed by atoms with Gasteiger partial charge in [0.05, 0.1) is 6.54 Å². The van der Waals surface area contributed by atoms with Crippen molar-refractivity contribution in [3.63, 3.8) is 0 Å². The van der Waals surface area contributed by atoms with Crippen LogP contribution in [0.2, 0.25) is 10.0 Å². The topological polar surface area (TPSA) is 81.9 Å². The van der Waals surface area contributed by atoms with Gasteiger partial charge in [-0.25, -0.2) is 0 Å². The molecule has 3 fully saturated rings. The van der Waals surface area contributed by atoms with Crippen molar-refractivity contribution >= 4 is 35.0 Å². The molecule has 0 saturated carbocycles. The molecule has 5 rings (SSSR count). The van der Waals surface area contributed by atoms with Gasteiger partial charge in [-0.15, -0.1) is 0 Å². The van der Waals surface area contributed by atoms with Crippen LogP contribution in [-0.4, -0.2) is 78.9 Å². The molecule has 3 aliphatic rings. The monoisotopic (exact) mass is 627 g/mol. The van der Waals surface area contributed by atoms with Crippen LogP contribution in [-0.2, 0) is 22.7 Å². The Morgan fingerprint density at radius 1 is 0.721 bits per heavy atom. The molecular weight excluding hydrogens is 581 g/mol. The lowest BCUT2D eigenvalue weighted by Gasteiger charge is -2.40. The van der Waals surface area contributed by atoms with Crippen LogP contribution in [0.15, 0.2) is 36.4 Å². The summed E-state index contributed by atoms with van der Waals surface area (Å²) in [5.74, 6) is 1.92. The Morgan fingerprint density at radius 3 is 1.67 bits per heavy atom. The van der Waals surface area contributed by atoms with Crippen LogP contribution in [0.3, 0.4) is 0 Å².